The van der Waals surface area contributed by atoms with Crippen molar-refractivity contribution in [3.05, 3.63) is 0 Å². The molecule has 1 aliphatic rings. The molecule has 0 bridgehead atoms. The molecule has 0 spiro atoms. The molecule has 0 aromatic carbocycles. The van der Waals surface area contributed by atoms with Gasteiger partial charge in [0.2, 0.25) is 11.8 Å². The molecular formula is C11H20N2O3. The lowest BCUT2D eigenvalue weighted by atomic mass is 10.0. The number of amides is 2. The van der Waals surface area contributed by atoms with E-state index in [9.17, 15) is 9.59 Å². The SMILES string of the molecule is CC(C)C[C@H](NC(=O)[C@@H]1CCCO1)C(N)=O. The fourth-order valence-electron chi connectivity index (χ4n) is 1.77. The Hall–Kier alpha value is -1.10. The van der Waals surface area contributed by atoms with Gasteiger partial charge in [0.1, 0.15) is 12.1 Å². The number of carbonyl (C=O) groups is 2. The smallest absolute Gasteiger partial charge is 0.249 e. The molecule has 1 rings (SSSR count). The Bertz CT molecular complexity index is 260. The molecule has 2 amide bonds. The Morgan fingerprint density at radius 1 is 1.50 bits per heavy atom. The van der Waals surface area contributed by atoms with Crippen molar-refractivity contribution in [1.29, 1.82) is 0 Å². The van der Waals surface area contributed by atoms with E-state index < -0.39 is 18.1 Å². The van der Waals surface area contributed by atoms with Crippen LogP contribution in [0.5, 0.6) is 0 Å². The van der Waals surface area contributed by atoms with Gasteiger partial charge in [-0.3, -0.25) is 9.59 Å². The number of primary amides is 1. The summed E-state index contributed by atoms with van der Waals surface area (Å²) in [7, 11) is 0. The number of ether oxygens (including phenoxy) is 1. The summed E-state index contributed by atoms with van der Waals surface area (Å²) in [4.78, 5) is 22.8. The number of nitrogens with two attached hydrogens (primary N) is 1. The van der Waals surface area contributed by atoms with Crippen LogP contribution in [-0.4, -0.2) is 30.6 Å². The van der Waals surface area contributed by atoms with Gasteiger partial charge < -0.3 is 15.8 Å². The third-order valence-electron chi connectivity index (χ3n) is 2.59. The lowest BCUT2D eigenvalue weighted by molar-refractivity contribution is -0.134. The summed E-state index contributed by atoms with van der Waals surface area (Å²) >= 11 is 0. The summed E-state index contributed by atoms with van der Waals surface area (Å²) in [5.74, 6) is -0.399. The largest absolute Gasteiger partial charge is 0.368 e. The number of hydrogen-bond donors (Lipinski definition) is 2. The molecule has 1 aliphatic heterocycles. The highest BCUT2D eigenvalue weighted by Gasteiger charge is 2.27. The summed E-state index contributed by atoms with van der Waals surface area (Å²) in [6.45, 7) is 4.58. The van der Waals surface area contributed by atoms with Gasteiger partial charge in [0.05, 0.1) is 0 Å². The number of carbonyl (C=O) groups excluding carboxylic acids is 2. The third-order valence-corrected chi connectivity index (χ3v) is 2.59. The van der Waals surface area contributed by atoms with Gasteiger partial charge in [-0.15, -0.1) is 0 Å². The number of hydrogen-bond acceptors (Lipinski definition) is 3. The summed E-state index contributed by atoms with van der Waals surface area (Å²) in [5.41, 5.74) is 5.24. The van der Waals surface area contributed by atoms with E-state index >= 15 is 0 Å². The predicted octanol–water partition coefficient (Wildman–Crippen LogP) is 0.182. The molecular weight excluding hydrogens is 208 g/mol. The zero-order chi connectivity index (χ0) is 12.1. The minimum atomic E-state index is -0.586. The van der Waals surface area contributed by atoms with Crippen LogP contribution in [0.1, 0.15) is 33.1 Å². The summed E-state index contributed by atoms with van der Waals surface area (Å²) in [6, 6.07) is -0.586. The van der Waals surface area contributed by atoms with Crippen LogP contribution >= 0.6 is 0 Å². The molecule has 0 radical (unpaired) electrons. The van der Waals surface area contributed by atoms with Crippen LogP contribution in [0.15, 0.2) is 0 Å². The van der Waals surface area contributed by atoms with Gasteiger partial charge in [0.25, 0.3) is 0 Å². The topological polar surface area (TPSA) is 81.4 Å². The zero-order valence-corrected chi connectivity index (χ0v) is 9.86. The Labute approximate surface area is 95.7 Å². The summed E-state index contributed by atoms with van der Waals surface area (Å²) in [6.07, 6.45) is 1.77. The maximum absolute atomic E-state index is 11.7. The Morgan fingerprint density at radius 3 is 2.62 bits per heavy atom. The molecule has 92 valence electrons. The van der Waals surface area contributed by atoms with Crippen molar-refractivity contribution in [2.24, 2.45) is 11.7 Å². The van der Waals surface area contributed by atoms with Gasteiger partial charge in [-0.05, 0) is 25.2 Å². The van der Waals surface area contributed by atoms with E-state index in [1.165, 1.54) is 0 Å². The molecule has 0 saturated carbocycles. The molecule has 1 fully saturated rings. The lowest BCUT2D eigenvalue weighted by Crippen LogP contribution is -2.48. The highest BCUT2D eigenvalue weighted by Crippen LogP contribution is 2.13. The second-order valence-electron chi connectivity index (χ2n) is 4.59. The first-order chi connectivity index (χ1) is 7.50. The molecule has 0 aromatic rings. The van der Waals surface area contributed by atoms with Crippen molar-refractivity contribution >= 4 is 11.8 Å². The Morgan fingerprint density at radius 2 is 2.19 bits per heavy atom. The van der Waals surface area contributed by atoms with Crippen molar-refractivity contribution in [1.82, 2.24) is 5.32 Å². The standard InChI is InChI=1S/C11H20N2O3/c1-7(2)6-8(10(12)14)13-11(15)9-4-3-5-16-9/h7-9H,3-6H2,1-2H3,(H2,12,14)(H,13,15)/t8-,9-/m0/s1. The maximum Gasteiger partial charge on any atom is 0.249 e. The molecule has 1 saturated heterocycles. The first kappa shape index (κ1) is 13.0. The minimum absolute atomic E-state index is 0.220. The predicted molar refractivity (Wildman–Crippen MR) is 59.6 cm³/mol. The van der Waals surface area contributed by atoms with Crippen molar-refractivity contribution in [2.45, 2.75) is 45.3 Å². The second kappa shape index (κ2) is 5.84. The Kier molecular flexibility index (Phi) is 4.73. The maximum atomic E-state index is 11.7. The van der Waals surface area contributed by atoms with Crippen molar-refractivity contribution in [3.63, 3.8) is 0 Å². The van der Waals surface area contributed by atoms with Crippen LogP contribution in [0.4, 0.5) is 0 Å². The van der Waals surface area contributed by atoms with E-state index in [1.807, 2.05) is 13.8 Å². The van der Waals surface area contributed by atoms with Crippen LogP contribution in [0.25, 0.3) is 0 Å². The molecule has 0 unspecified atom stereocenters. The molecule has 1 heterocycles. The molecule has 5 heteroatoms. The average Bonchev–Trinajstić information content (AvgIpc) is 2.68. The first-order valence-electron chi connectivity index (χ1n) is 5.72. The summed E-state index contributed by atoms with van der Waals surface area (Å²) < 4.78 is 5.24. The van der Waals surface area contributed by atoms with Gasteiger partial charge in [0.15, 0.2) is 0 Å². The van der Waals surface area contributed by atoms with Crippen LogP contribution < -0.4 is 11.1 Å². The normalized spacial score (nSPS) is 22.1. The number of rotatable bonds is 5. The third kappa shape index (κ3) is 3.81. The molecule has 2 atom stereocenters. The van der Waals surface area contributed by atoms with Gasteiger partial charge in [0, 0.05) is 6.61 Å². The van der Waals surface area contributed by atoms with E-state index in [0.29, 0.717) is 18.9 Å². The highest BCUT2D eigenvalue weighted by atomic mass is 16.5. The average molecular weight is 228 g/mol. The van der Waals surface area contributed by atoms with Crippen LogP contribution in [0.3, 0.4) is 0 Å². The van der Waals surface area contributed by atoms with Crippen LogP contribution in [0.2, 0.25) is 0 Å². The van der Waals surface area contributed by atoms with Crippen molar-refractivity contribution in [3.8, 4) is 0 Å². The Balaban J connectivity index is 2.47. The quantitative estimate of drug-likeness (QED) is 0.704. The molecule has 5 nitrogen and oxygen atoms in total. The second-order valence-corrected chi connectivity index (χ2v) is 4.59. The van der Waals surface area contributed by atoms with E-state index in [1.54, 1.807) is 0 Å². The summed E-state index contributed by atoms with van der Waals surface area (Å²) in [5, 5.41) is 2.65. The molecule has 0 aliphatic carbocycles. The van der Waals surface area contributed by atoms with Gasteiger partial charge in [-0.2, -0.15) is 0 Å². The van der Waals surface area contributed by atoms with Crippen molar-refractivity contribution in [2.75, 3.05) is 6.61 Å². The molecule has 3 N–H and O–H groups in total. The first-order valence-corrected chi connectivity index (χ1v) is 5.72. The minimum Gasteiger partial charge on any atom is -0.368 e. The zero-order valence-electron chi connectivity index (χ0n) is 9.86. The molecule has 16 heavy (non-hydrogen) atoms. The monoisotopic (exact) mass is 228 g/mol. The van der Waals surface area contributed by atoms with E-state index in [2.05, 4.69) is 5.32 Å². The van der Waals surface area contributed by atoms with Gasteiger partial charge >= 0.3 is 0 Å². The van der Waals surface area contributed by atoms with Gasteiger partial charge in [-0.25, -0.2) is 0 Å². The van der Waals surface area contributed by atoms with Crippen LogP contribution in [-0.2, 0) is 14.3 Å². The van der Waals surface area contributed by atoms with E-state index in [0.717, 1.165) is 12.8 Å². The lowest BCUT2D eigenvalue weighted by Gasteiger charge is -2.19. The van der Waals surface area contributed by atoms with Crippen molar-refractivity contribution < 1.29 is 14.3 Å². The van der Waals surface area contributed by atoms with Crippen LogP contribution in [0, 0.1) is 5.92 Å². The fourth-order valence-corrected chi connectivity index (χ4v) is 1.77. The fraction of sp³-hybridized carbons (Fsp3) is 0.818. The van der Waals surface area contributed by atoms with E-state index in [4.69, 9.17) is 10.5 Å². The molecule has 0 aromatic heterocycles. The van der Waals surface area contributed by atoms with E-state index in [-0.39, 0.29) is 5.91 Å². The highest BCUT2D eigenvalue weighted by molar-refractivity contribution is 5.88. The number of nitrogens with one attached hydrogen (secondary N) is 1. The van der Waals surface area contributed by atoms with Gasteiger partial charge in [-0.1, -0.05) is 13.8 Å².